The number of hydrogen-bond acceptors (Lipinski definition) is 6. The lowest BCUT2D eigenvalue weighted by molar-refractivity contribution is 0.659. The van der Waals surface area contributed by atoms with Crippen LogP contribution >= 0.6 is 22.9 Å². The molecule has 0 bridgehead atoms. The highest BCUT2D eigenvalue weighted by atomic mass is 35.5. The van der Waals surface area contributed by atoms with Gasteiger partial charge < -0.3 is 5.43 Å². The van der Waals surface area contributed by atoms with E-state index >= 15 is 0 Å². The molecular weight excluding hydrogens is 272 g/mol. The van der Waals surface area contributed by atoms with Crippen LogP contribution in [0.25, 0.3) is 10.2 Å². The summed E-state index contributed by atoms with van der Waals surface area (Å²) in [4.78, 5) is 9.70. The molecule has 0 aliphatic carbocycles. The van der Waals surface area contributed by atoms with Gasteiger partial charge >= 0.3 is 0 Å². The molecular formula is C10H9ClN6S. The number of nitrogens with two attached hydrogens (primary N) is 1. The number of nitrogens with one attached hydrogen (secondary N) is 1. The van der Waals surface area contributed by atoms with Gasteiger partial charge in [-0.2, -0.15) is 5.10 Å². The van der Waals surface area contributed by atoms with Gasteiger partial charge in [0.15, 0.2) is 11.6 Å². The molecule has 0 aliphatic heterocycles. The predicted octanol–water partition coefficient (Wildman–Crippen LogP) is 1.88. The Morgan fingerprint density at radius 1 is 1.44 bits per heavy atom. The minimum Gasteiger partial charge on any atom is -0.308 e. The van der Waals surface area contributed by atoms with Crippen molar-refractivity contribution in [2.75, 3.05) is 5.43 Å². The normalized spacial score (nSPS) is 11.0. The van der Waals surface area contributed by atoms with Crippen LogP contribution in [-0.4, -0.2) is 19.7 Å². The number of fused-ring (bicyclic) bond motifs is 1. The molecule has 0 unspecified atom stereocenters. The third-order valence-corrected chi connectivity index (χ3v) is 3.42. The van der Waals surface area contributed by atoms with Crippen LogP contribution in [0.4, 0.5) is 5.82 Å². The predicted molar refractivity (Wildman–Crippen MR) is 71.6 cm³/mol. The van der Waals surface area contributed by atoms with Crippen LogP contribution < -0.4 is 11.3 Å². The quantitative estimate of drug-likeness (QED) is 0.565. The van der Waals surface area contributed by atoms with Crippen molar-refractivity contribution in [2.24, 2.45) is 5.84 Å². The number of anilines is 1. The molecule has 0 saturated heterocycles. The van der Waals surface area contributed by atoms with Gasteiger partial charge in [-0.1, -0.05) is 11.6 Å². The summed E-state index contributed by atoms with van der Waals surface area (Å²) in [6, 6.07) is 1.93. The molecule has 0 atom stereocenters. The molecule has 8 heteroatoms. The van der Waals surface area contributed by atoms with Gasteiger partial charge in [0.25, 0.3) is 0 Å². The lowest BCUT2D eigenvalue weighted by Gasteiger charge is -2.05. The van der Waals surface area contributed by atoms with Crippen LogP contribution in [0.15, 0.2) is 23.8 Å². The van der Waals surface area contributed by atoms with Gasteiger partial charge in [-0.15, -0.1) is 11.3 Å². The van der Waals surface area contributed by atoms with E-state index in [-0.39, 0.29) is 0 Å². The molecule has 3 aromatic rings. The fourth-order valence-electron chi connectivity index (χ4n) is 1.65. The summed E-state index contributed by atoms with van der Waals surface area (Å²) in [5, 5.41) is 7.55. The fourth-order valence-corrected chi connectivity index (χ4v) is 2.59. The Labute approximate surface area is 111 Å². The maximum atomic E-state index is 5.81. The van der Waals surface area contributed by atoms with E-state index in [1.54, 1.807) is 28.4 Å². The summed E-state index contributed by atoms with van der Waals surface area (Å²) in [5.41, 5.74) is 2.59. The first-order valence-corrected chi connectivity index (χ1v) is 6.41. The van der Waals surface area contributed by atoms with Gasteiger partial charge in [0.05, 0.1) is 16.6 Å². The van der Waals surface area contributed by atoms with Crippen molar-refractivity contribution in [3.8, 4) is 0 Å². The monoisotopic (exact) mass is 280 g/mol. The van der Waals surface area contributed by atoms with Crippen molar-refractivity contribution >= 4 is 39.0 Å². The van der Waals surface area contributed by atoms with Crippen molar-refractivity contribution in [3.05, 3.63) is 34.7 Å². The molecule has 6 nitrogen and oxygen atoms in total. The van der Waals surface area contributed by atoms with Crippen LogP contribution in [0.5, 0.6) is 0 Å². The molecule has 0 radical (unpaired) electrons. The zero-order valence-electron chi connectivity index (χ0n) is 9.17. The van der Waals surface area contributed by atoms with Gasteiger partial charge in [-0.3, -0.25) is 4.68 Å². The second kappa shape index (κ2) is 4.52. The summed E-state index contributed by atoms with van der Waals surface area (Å²) in [7, 11) is 0. The SMILES string of the molecule is NNc1nc(Cn2cc(Cl)cn2)nc2sccc12. The first-order valence-electron chi connectivity index (χ1n) is 5.15. The number of rotatable bonds is 3. The smallest absolute Gasteiger partial charge is 0.153 e. The second-order valence-corrected chi connectivity index (χ2v) is 4.96. The number of thiophene rings is 1. The van der Waals surface area contributed by atoms with E-state index in [1.165, 1.54) is 0 Å². The average molecular weight is 281 g/mol. The molecule has 3 N–H and O–H groups in total. The number of nitrogens with zero attached hydrogens (tertiary/aromatic N) is 4. The molecule has 3 rings (SSSR count). The van der Waals surface area contributed by atoms with Gasteiger partial charge in [0.1, 0.15) is 11.4 Å². The lowest BCUT2D eigenvalue weighted by atomic mass is 10.4. The Bertz CT molecular complexity index is 691. The van der Waals surface area contributed by atoms with Crippen molar-refractivity contribution in [3.63, 3.8) is 0 Å². The second-order valence-electron chi connectivity index (χ2n) is 3.63. The largest absolute Gasteiger partial charge is 0.308 e. The van der Waals surface area contributed by atoms with Crippen LogP contribution in [0.1, 0.15) is 5.82 Å². The van der Waals surface area contributed by atoms with Crippen LogP contribution in [0.3, 0.4) is 0 Å². The summed E-state index contributed by atoms with van der Waals surface area (Å²) < 4.78 is 1.68. The van der Waals surface area contributed by atoms with E-state index in [9.17, 15) is 0 Å². The Balaban J connectivity index is 2.01. The number of hydrogen-bond donors (Lipinski definition) is 2. The van der Waals surface area contributed by atoms with Crippen LogP contribution in [-0.2, 0) is 6.54 Å². The van der Waals surface area contributed by atoms with Gasteiger partial charge in [-0.05, 0) is 11.4 Å². The zero-order valence-corrected chi connectivity index (χ0v) is 10.7. The number of nitrogen functional groups attached to an aromatic ring is 1. The minimum atomic E-state index is 0.454. The number of hydrazine groups is 1. The van der Waals surface area contributed by atoms with Crippen molar-refractivity contribution in [1.29, 1.82) is 0 Å². The third kappa shape index (κ3) is 2.03. The van der Waals surface area contributed by atoms with Crippen molar-refractivity contribution in [2.45, 2.75) is 6.54 Å². The van der Waals surface area contributed by atoms with E-state index in [2.05, 4.69) is 20.5 Å². The molecule has 0 aliphatic rings. The molecule has 3 heterocycles. The summed E-state index contributed by atoms with van der Waals surface area (Å²) in [6.45, 7) is 0.454. The molecule has 18 heavy (non-hydrogen) atoms. The minimum absolute atomic E-state index is 0.454. The van der Waals surface area contributed by atoms with Crippen molar-refractivity contribution < 1.29 is 0 Å². The van der Waals surface area contributed by atoms with E-state index in [4.69, 9.17) is 17.4 Å². The van der Waals surface area contributed by atoms with Gasteiger partial charge in [-0.25, -0.2) is 15.8 Å². The Hall–Kier alpha value is -1.70. The Morgan fingerprint density at radius 2 is 2.33 bits per heavy atom. The standard InChI is InChI=1S/C10H9ClN6S/c11-6-3-13-17(4-6)5-8-14-9(16-12)7-1-2-18-10(7)15-8/h1-4H,5,12H2,(H,14,15,16). The molecule has 0 fully saturated rings. The summed E-state index contributed by atoms with van der Waals surface area (Å²) in [6.07, 6.45) is 3.30. The lowest BCUT2D eigenvalue weighted by Crippen LogP contribution is -2.12. The number of halogens is 1. The molecule has 92 valence electrons. The molecule has 0 aromatic carbocycles. The highest BCUT2D eigenvalue weighted by molar-refractivity contribution is 7.16. The average Bonchev–Trinajstić information content (AvgIpc) is 2.97. The maximum Gasteiger partial charge on any atom is 0.153 e. The third-order valence-electron chi connectivity index (χ3n) is 2.41. The number of aromatic nitrogens is 4. The van der Waals surface area contributed by atoms with Gasteiger partial charge in [0.2, 0.25) is 0 Å². The summed E-state index contributed by atoms with van der Waals surface area (Å²) in [5.74, 6) is 6.72. The summed E-state index contributed by atoms with van der Waals surface area (Å²) >= 11 is 7.35. The maximum absolute atomic E-state index is 5.81. The first-order chi connectivity index (χ1) is 8.76. The van der Waals surface area contributed by atoms with E-state index in [1.807, 2.05) is 11.4 Å². The highest BCUT2D eigenvalue weighted by Crippen LogP contribution is 2.24. The van der Waals surface area contributed by atoms with Crippen LogP contribution in [0, 0.1) is 0 Å². The van der Waals surface area contributed by atoms with E-state index in [0.717, 1.165) is 10.2 Å². The van der Waals surface area contributed by atoms with E-state index in [0.29, 0.717) is 23.2 Å². The molecule has 3 aromatic heterocycles. The van der Waals surface area contributed by atoms with Crippen molar-refractivity contribution in [1.82, 2.24) is 19.7 Å². The topological polar surface area (TPSA) is 81.6 Å². The zero-order chi connectivity index (χ0) is 12.5. The highest BCUT2D eigenvalue weighted by Gasteiger charge is 2.08. The van der Waals surface area contributed by atoms with Crippen LogP contribution in [0.2, 0.25) is 5.02 Å². The fraction of sp³-hybridized carbons (Fsp3) is 0.100. The first kappa shape index (κ1) is 11.4. The van der Waals surface area contributed by atoms with E-state index < -0.39 is 0 Å². The Kier molecular flexibility index (Phi) is 2.86. The Morgan fingerprint density at radius 3 is 3.06 bits per heavy atom. The molecule has 0 saturated carbocycles. The molecule has 0 amide bonds. The molecule has 0 spiro atoms. The van der Waals surface area contributed by atoms with Gasteiger partial charge in [0, 0.05) is 6.20 Å².